The maximum absolute atomic E-state index is 12.9. The lowest BCUT2D eigenvalue weighted by molar-refractivity contribution is -0.189. The third-order valence-electron chi connectivity index (χ3n) is 5.16. The molecule has 3 atom stereocenters. The van der Waals surface area contributed by atoms with Crippen LogP contribution in [0.1, 0.15) is 26.2 Å². The van der Waals surface area contributed by atoms with E-state index < -0.39 is 44.9 Å². The summed E-state index contributed by atoms with van der Waals surface area (Å²) in [4.78, 5) is 12.1. The van der Waals surface area contributed by atoms with Crippen LogP contribution in [0.25, 0.3) is 0 Å². The average Bonchev–Trinajstić information content (AvgIpc) is 3.23. The van der Waals surface area contributed by atoms with Gasteiger partial charge in [-0.1, -0.05) is 11.6 Å². The van der Waals surface area contributed by atoms with Crippen LogP contribution in [0, 0.1) is 11.3 Å². The van der Waals surface area contributed by atoms with Gasteiger partial charge in [0.2, 0.25) is 5.91 Å². The number of halogens is 4. The van der Waals surface area contributed by atoms with Crippen LogP contribution in [-0.4, -0.2) is 50.0 Å². The number of carbonyl (C=O) groups excluding carboxylic acids is 1. The van der Waals surface area contributed by atoms with E-state index in [0.717, 1.165) is 25.1 Å². The van der Waals surface area contributed by atoms with Gasteiger partial charge < -0.3 is 15.4 Å². The van der Waals surface area contributed by atoms with Gasteiger partial charge in [-0.25, -0.2) is 8.42 Å². The van der Waals surface area contributed by atoms with E-state index in [4.69, 9.17) is 21.6 Å². The van der Waals surface area contributed by atoms with Crippen LogP contribution in [0.4, 0.5) is 13.2 Å². The maximum Gasteiger partial charge on any atom is 0.425 e. The minimum absolute atomic E-state index is 0.000336. The summed E-state index contributed by atoms with van der Waals surface area (Å²) in [5, 5.41) is 13.3. The SMILES string of the molecule is CC(Oc1ccc(S(=O)(=O)C2CNC(C(=O)NC3(C#N)CC3)C2)c(Cl)c1)C(F)(F)F. The van der Waals surface area contributed by atoms with Crippen LogP contribution in [0.2, 0.25) is 5.02 Å². The molecule has 7 nitrogen and oxygen atoms in total. The van der Waals surface area contributed by atoms with Gasteiger partial charge in [0.25, 0.3) is 0 Å². The van der Waals surface area contributed by atoms with Gasteiger partial charge in [-0.2, -0.15) is 18.4 Å². The number of nitrogens with one attached hydrogen (secondary N) is 2. The smallest absolute Gasteiger partial charge is 0.425 e. The number of hydrogen-bond acceptors (Lipinski definition) is 6. The molecule has 3 unspecified atom stereocenters. The van der Waals surface area contributed by atoms with Crippen LogP contribution in [0.5, 0.6) is 5.75 Å². The van der Waals surface area contributed by atoms with Crippen molar-refractivity contribution in [3.8, 4) is 11.8 Å². The summed E-state index contributed by atoms with van der Waals surface area (Å²) in [5.74, 6) is -0.653. The van der Waals surface area contributed by atoms with Crippen molar-refractivity contribution in [1.82, 2.24) is 10.6 Å². The first-order valence-corrected chi connectivity index (χ1v) is 11.0. The Labute approximate surface area is 176 Å². The molecule has 2 fully saturated rings. The normalized spacial score (nSPS) is 24.0. The van der Waals surface area contributed by atoms with E-state index in [1.54, 1.807) is 0 Å². The average molecular weight is 466 g/mol. The fraction of sp³-hybridized carbons (Fsp3) is 0.556. The molecule has 1 aromatic carbocycles. The fourth-order valence-electron chi connectivity index (χ4n) is 3.09. The number of benzene rings is 1. The van der Waals surface area contributed by atoms with Crippen LogP contribution in [-0.2, 0) is 14.6 Å². The van der Waals surface area contributed by atoms with E-state index in [1.165, 1.54) is 0 Å². The molecule has 1 aliphatic heterocycles. The molecule has 164 valence electrons. The van der Waals surface area contributed by atoms with Crippen molar-refractivity contribution >= 4 is 27.3 Å². The van der Waals surface area contributed by atoms with Gasteiger partial charge in [0.1, 0.15) is 11.3 Å². The Bertz CT molecular complexity index is 989. The molecule has 2 aliphatic rings. The number of ether oxygens (including phenoxy) is 1. The van der Waals surface area contributed by atoms with Crippen LogP contribution < -0.4 is 15.4 Å². The van der Waals surface area contributed by atoms with Gasteiger partial charge in [0.15, 0.2) is 15.9 Å². The van der Waals surface area contributed by atoms with Crippen molar-refractivity contribution in [3.63, 3.8) is 0 Å². The summed E-state index contributed by atoms with van der Waals surface area (Å²) in [7, 11) is -3.96. The van der Waals surface area contributed by atoms with E-state index in [1.807, 2.05) is 6.07 Å². The van der Waals surface area contributed by atoms with E-state index in [2.05, 4.69) is 10.6 Å². The number of nitrogens with zero attached hydrogens (tertiary/aromatic N) is 1. The van der Waals surface area contributed by atoms with Crippen molar-refractivity contribution in [1.29, 1.82) is 5.26 Å². The second-order valence-electron chi connectivity index (χ2n) is 7.44. The summed E-state index contributed by atoms with van der Waals surface area (Å²) >= 11 is 6.03. The molecule has 30 heavy (non-hydrogen) atoms. The summed E-state index contributed by atoms with van der Waals surface area (Å²) in [5.41, 5.74) is -0.859. The van der Waals surface area contributed by atoms with E-state index in [9.17, 15) is 26.4 Å². The Morgan fingerprint density at radius 3 is 2.63 bits per heavy atom. The molecule has 0 bridgehead atoms. The predicted octanol–water partition coefficient (Wildman–Crippen LogP) is 2.35. The number of alkyl halides is 3. The molecular weight excluding hydrogens is 447 g/mol. The number of rotatable bonds is 6. The first-order chi connectivity index (χ1) is 13.9. The molecular formula is C18H19ClF3N3O4S. The van der Waals surface area contributed by atoms with Gasteiger partial charge in [0, 0.05) is 12.6 Å². The number of carbonyl (C=O) groups is 1. The number of nitriles is 1. The Balaban J connectivity index is 1.70. The summed E-state index contributed by atoms with van der Waals surface area (Å²) in [6.07, 6.45) is -5.57. The zero-order chi connectivity index (χ0) is 22.3. The monoisotopic (exact) mass is 465 g/mol. The van der Waals surface area contributed by atoms with E-state index in [0.29, 0.717) is 12.8 Å². The van der Waals surface area contributed by atoms with E-state index in [-0.39, 0.29) is 28.6 Å². The number of amides is 1. The van der Waals surface area contributed by atoms with Crippen molar-refractivity contribution in [2.45, 2.75) is 60.2 Å². The van der Waals surface area contributed by atoms with Crippen LogP contribution in [0.15, 0.2) is 23.1 Å². The Morgan fingerprint density at radius 1 is 1.43 bits per heavy atom. The zero-order valence-electron chi connectivity index (χ0n) is 15.8. The third-order valence-corrected chi connectivity index (χ3v) is 7.79. The van der Waals surface area contributed by atoms with Crippen molar-refractivity contribution in [2.75, 3.05) is 6.54 Å². The Kier molecular flexibility index (Phi) is 5.97. The van der Waals surface area contributed by atoms with Gasteiger partial charge in [-0.3, -0.25) is 4.79 Å². The standard InChI is InChI=1S/C18H19ClF3N3O4S/c1-10(18(20,21)22)29-11-2-3-15(13(19)6-11)30(27,28)12-7-14(24-8-12)16(26)25-17(9-23)4-5-17/h2-3,6,10,12,14,24H,4-5,7-8H2,1H3,(H,25,26). The molecule has 3 rings (SSSR count). The highest BCUT2D eigenvalue weighted by Crippen LogP contribution is 2.35. The fourth-order valence-corrected chi connectivity index (χ4v) is 5.29. The third kappa shape index (κ3) is 4.66. The lowest BCUT2D eigenvalue weighted by Crippen LogP contribution is -2.45. The molecule has 0 radical (unpaired) electrons. The lowest BCUT2D eigenvalue weighted by atomic mass is 10.2. The summed E-state index contributed by atoms with van der Waals surface area (Å²) < 4.78 is 68.5. The second-order valence-corrected chi connectivity index (χ2v) is 10.0. The highest BCUT2D eigenvalue weighted by atomic mass is 35.5. The Morgan fingerprint density at radius 2 is 2.10 bits per heavy atom. The van der Waals surface area contributed by atoms with Crippen molar-refractivity contribution in [2.24, 2.45) is 0 Å². The number of sulfone groups is 1. The molecule has 0 aromatic heterocycles. The molecule has 1 amide bonds. The van der Waals surface area contributed by atoms with Gasteiger partial charge >= 0.3 is 6.18 Å². The minimum atomic E-state index is -4.58. The molecule has 1 saturated carbocycles. The highest BCUT2D eigenvalue weighted by molar-refractivity contribution is 7.92. The Hall–Kier alpha value is -2.03. The predicted molar refractivity (Wildman–Crippen MR) is 101 cm³/mol. The lowest BCUT2D eigenvalue weighted by Gasteiger charge is -2.19. The van der Waals surface area contributed by atoms with Gasteiger partial charge in [-0.05, 0) is 38.3 Å². The molecule has 1 aliphatic carbocycles. The minimum Gasteiger partial charge on any atom is -0.481 e. The molecule has 12 heteroatoms. The van der Waals surface area contributed by atoms with Crippen LogP contribution in [0.3, 0.4) is 0 Å². The second kappa shape index (κ2) is 7.90. The zero-order valence-corrected chi connectivity index (χ0v) is 17.4. The quantitative estimate of drug-likeness (QED) is 0.667. The molecule has 1 aromatic rings. The first-order valence-electron chi connectivity index (χ1n) is 9.11. The molecule has 0 spiro atoms. The topological polar surface area (TPSA) is 108 Å². The summed E-state index contributed by atoms with van der Waals surface area (Å²) in [6, 6.07) is 4.48. The summed E-state index contributed by atoms with van der Waals surface area (Å²) in [6.45, 7) is 0.825. The highest BCUT2D eigenvalue weighted by Gasteiger charge is 2.47. The van der Waals surface area contributed by atoms with Crippen molar-refractivity contribution < 1.29 is 31.1 Å². The van der Waals surface area contributed by atoms with Crippen molar-refractivity contribution in [3.05, 3.63) is 23.2 Å². The van der Waals surface area contributed by atoms with Gasteiger partial charge in [-0.15, -0.1) is 0 Å². The number of hydrogen-bond donors (Lipinski definition) is 2. The maximum atomic E-state index is 12.9. The van der Waals surface area contributed by atoms with Gasteiger partial charge in [0.05, 0.1) is 27.3 Å². The largest absolute Gasteiger partial charge is 0.481 e. The van der Waals surface area contributed by atoms with E-state index >= 15 is 0 Å². The van der Waals surface area contributed by atoms with Crippen LogP contribution >= 0.6 is 11.6 Å². The molecule has 1 heterocycles. The molecule has 2 N–H and O–H groups in total. The first kappa shape index (κ1) is 22.7. The molecule has 1 saturated heterocycles.